The van der Waals surface area contributed by atoms with Crippen molar-refractivity contribution in [2.75, 3.05) is 0 Å². The average Bonchev–Trinajstić information content (AvgIpc) is 2.93. The summed E-state index contributed by atoms with van der Waals surface area (Å²) in [5.74, 6) is -0.382. The van der Waals surface area contributed by atoms with Gasteiger partial charge in [0.1, 0.15) is 11.4 Å². The molecule has 1 N–H and O–H groups in total. The average molecular weight is 436 g/mol. The largest absolute Gasteiger partial charge is 0.503 e. The molecule has 0 saturated heterocycles. The molecule has 0 bridgehead atoms. The number of para-hydroxylation sites is 1. The molecule has 1 aliphatic rings. The number of aryl methyl sites for hydroxylation is 1. The van der Waals surface area contributed by atoms with Crippen LogP contribution in [-0.2, 0) is 16.1 Å². The van der Waals surface area contributed by atoms with E-state index in [-0.39, 0.29) is 30.2 Å². The number of aliphatic hydroxyl groups excluding tert-OH is 1. The molecule has 0 aromatic heterocycles. The fraction of sp³-hybridized carbons (Fsp3) is 0.407. The predicted octanol–water partition coefficient (Wildman–Crippen LogP) is 5.68. The molecule has 1 heterocycles. The van der Waals surface area contributed by atoms with Crippen molar-refractivity contribution in [2.45, 2.75) is 66.2 Å². The van der Waals surface area contributed by atoms with Crippen molar-refractivity contribution in [3.63, 3.8) is 0 Å². The Labute approximate surface area is 190 Å². The van der Waals surface area contributed by atoms with Gasteiger partial charge in [-0.2, -0.15) is 0 Å². The highest BCUT2D eigenvalue weighted by Crippen LogP contribution is 2.40. The van der Waals surface area contributed by atoms with Crippen molar-refractivity contribution in [3.05, 3.63) is 76.6 Å². The minimum atomic E-state index is -0.642. The van der Waals surface area contributed by atoms with E-state index in [1.807, 2.05) is 90.1 Å². The summed E-state index contributed by atoms with van der Waals surface area (Å²) in [4.78, 5) is 27.9. The van der Waals surface area contributed by atoms with Crippen molar-refractivity contribution >= 4 is 11.7 Å². The van der Waals surface area contributed by atoms with Crippen LogP contribution in [-0.4, -0.2) is 27.3 Å². The molecule has 0 spiro atoms. The van der Waals surface area contributed by atoms with Crippen molar-refractivity contribution in [3.8, 4) is 5.75 Å². The van der Waals surface area contributed by atoms with Gasteiger partial charge in [-0.15, -0.1) is 0 Å². The SMILES string of the molecule is Cc1cccc(C2C(C(=O)CC(C)C)=C(O)C(=O)N2Cc2ccccc2OC(C)(C)C)c1. The van der Waals surface area contributed by atoms with Crippen LogP contribution in [0.15, 0.2) is 59.9 Å². The van der Waals surface area contributed by atoms with Crippen LogP contribution < -0.4 is 4.74 Å². The van der Waals surface area contributed by atoms with Crippen molar-refractivity contribution < 1.29 is 19.4 Å². The topological polar surface area (TPSA) is 66.8 Å². The Hall–Kier alpha value is -3.08. The summed E-state index contributed by atoms with van der Waals surface area (Å²) in [6, 6.07) is 14.7. The number of ether oxygens (including phenoxy) is 1. The molecule has 0 aliphatic carbocycles. The lowest BCUT2D eigenvalue weighted by Crippen LogP contribution is -2.31. The Balaban J connectivity index is 2.06. The first-order valence-corrected chi connectivity index (χ1v) is 11.1. The van der Waals surface area contributed by atoms with Gasteiger partial charge in [0.15, 0.2) is 11.5 Å². The summed E-state index contributed by atoms with van der Waals surface area (Å²) in [5, 5.41) is 10.8. The predicted molar refractivity (Wildman–Crippen MR) is 125 cm³/mol. The third-order valence-corrected chi connectivity index (χ3v) is 5.29. The molecular weight excluding hydrogens is 402 g/mol. The van der Waals surface area contributed by atoms with Crippen LogP contribution in [0.1, 0.15) is 63.8 Å². The first kappa shape index (κ1) is 23.6. The minimum absolute atomic E-state index is 0.117. The molecule has 5 nitrogen and oxygen atoms in total. The molecule has 1 atom stereocenters. The maximum Gasteiger partial charge on any atom is 0.290 e. The maximum absolute atomic E-state index is 13.2. The van der Waals surface area contributed by atoms with E-state index in [2.05, 4.69) is 0 Å². The van der Waals surface area contributed by atoms with E-state index in [9.17, 15) is 14.7 Å². The lowest BCUT2D eigenvalue weighted by molar-refractivity contribution is -0.130. The van der Waals surface area contributed by atoms with E-state index in [1.165, 1.54) is 0 Å². The van der Waals surface area contributed by atoms with Crippen LogP contribution in [0.3, 0.4) is 0 Å². The van der Waals surface area contributed by atoms with Gasteiger partial charge in [0.25, 0.3) is 5.91 Å². The number of ketones is 1. The van der Waals surface area contributed by atoms with Crippen molar-refractivity contribution in [1.29, 1.82) is 0 Å². The van der Waals surface area contributed by atoms with E-state index in [0.29, 0.717) is 5.75 Å². The number of aliphatic hydroxyl groups is 1. The maximum atomic E-state index is 13.2. The summed E-state index contributed by atoms with van der Waals surface area (Å²) in [5.41, 5.74) is 2.43. The Kier molecular flexibility index (Phi) is 6.77. The zero-order chi connectivity index (χ0) is 23.6. The number of hydrogen-bond donors (Lipinski definition) is 1. The second kappa shape index (κ2) is 9.19. The summed E-state index contributed by atoms with van der Waals surface area (Å²) >= 11 is 0. The molecule has 1 amide bonds. The highest BCUT2D eigenvalue weighted by Gasteiger charge is 2.43. The van der Waals surface area contributed by atoms with Crippen LogP contribution in [0, 0.1) is 12.8 Å². The quantitative estimate of drug-likeness (QED) is 0.607. The fourth-order valence-corrected chi connectivity index (χ4v) is 4.02. The summed E-state index contributed by atoms with van der Waals surface area (Å²) in [7, 11) is 0. The molecule has 1 aliphatic heterocycles. The highest BCUT2D eigenvalue weighted by molar-refractivity contribution is 6.09. The molecule has 1 unspecified atom stereocenters. The van der Waals surface area contributed by atoms with Gasteiger partial charge in [0, 0.05) is 12.0 Å². The fourth-order valence-electron chi connectivity index (χ4n) is 4.02. The number of Topliss-reactive ketones (excluding diaryl/α,β-unsaturated/α-hetero) is 1. The molecule has 3 rings (SSSR count). The van der Waals surface area contributed by atoms with E-state index < -0.39 is 23.3 Å². The number of rotatable bonds is 7. The van der Waals surface area contributed by atoms with Crippen LogP contribution in [0.4, 0.5) is 0 Å². The number of carbonyl (C=O) groups is 2. The van der Waals surface area contributed by atoms with Crippen molar-refractivity contribution in [2.24, 2.45) is 5.92 Å². The first-order chi connectivity index (χ1) is 15.0. The summed E-state index contributed by atoms with van der Waals surface area (Å²) < 4.78 is 6.11. The Morgan fingerprint density at radius 1 is 1.12 bits per heavy atom. The van der Waals surface area contributed by atoms with Gasteiger partial charge >= 0.3 is 0 Å². The number of amides is 1. The second-order valence-electron chi connectivity index (χ2n) is 9.86. The van der Waals surface area contributed by atoms with Crippen LogP contribution in [0.25, 0.3) is 0 Å². The third kappa shape index (κ3) is 5.21. The molecule has 0 fully saturated rings. The zero-order valence-electron chi connectivity index (χ0n) is 19.8. The van der Waals surface area contributed by atoms with Gasteiger partial charge in [-0.1, -0.05) is 61.9 Å². The monoisotopic (exact) mass is 435 g/mol. The van der Waals surface area contributed by atoms with Gasteiger partial charge in [-0.05, 0) is 45.2 Å². The smallest absolute Gasteiger partial charge is 0.290 e. The standard InChI is InChI=1S/C27H33NO4/c1-17(2)14-21(29)23-24(19-12-9-10-18(3)15-19)28(26(31)25(23)30)16-20-11-7-8-13-22(20)32-27(4,5)6/h7-13,15,17,24,30H,14,16H2,1-6H3. The van der Waals surface area contributed by atoms with Gasteiger partial charge < -0.3 is 14.7 Å². The van der Waals surface area contributed by atoms with Crippen molar-refractivity contribution in [1.82, 2.24) is 4.90 Å². The molecule has 2 aromatic carbocycles. The normalized spacial score (nSPS) is 16.8. The van der Waals surface area contributed by atoms with Crippen LogP contribution in [0.5, 0.6) is 5.75 Å². The summed E-state index contributed by atoms with van der Waals surface area (Å²) in [6.45, 7) is 12.0. The Morgan fingerprint density at radius 2 is 1.81 bits per heavy atom. The first-order valence-electron chi connectivity index (χ1n) is 11.1. The lowest BCUT2D eigenvalue weighted by Gasteiger charge is -2.29. The summed E-state index contributed by atoms with van der Waals surface area (Å²) in [6.07, 6.45) is 0.270. The van der Waals surface area contributed by atoms with Crippen LogP contribution >= 0.6 is 0 Å². The Bertz CT molecular complexity index is 1050. The Morgan fingerprint density at radius 3 is 2.44 bits per heavy atom. The highest BCUT2D eigenvalue weighted by atomic mass is 16.5. The molecule has 0 saturated carbocycles. The van der Waals surface area contributed by atoms with E-state index >= 15 is 0 Å². The van der Waals surface area contributed by atoms with E-state index in [1.54, 1.807) is 4.90 Å². The number of nitrogens with zero attached hydrogens (tertiary/aromatic N) is 1. The number of hydrogen-bond acceptors (Lipinski definition) is 4. The van der Waals surface area contributed by atoms with Crippen LogP contribution in [0.2, 0.25) is 0 Å². The zero-order valence-corrected chi connectivity index (χ0v) is 19.8. The third-order valence-electron chi connectivity index (χ3n) is 5.29. The molecule has 0 radical (unpaired) electrons. The van der Waals surface area contributed by atoms with Gasteiger partial charge in [0.05, 0.1) is 18.2 Å². The molecule has 170 valence electrons. The molecule has 5 heteroatoms. The number of carbonyl (C=O) groups excluding carboxylic acids is 2. The van der Waals surface area contributed by atoms with Gasteiger partial charge in [-0.3, -0.25) is 9.59 Å². The molecule has 32 heavy (non-hydrogen) atoms. The van der Waals surface area contributed by atoms with Gasteiger partial charge in [0.2, 0.25) is 0 Å². The van der Waals surface area contributed by atoms with E-state index in [0.717, 1.165) is 16.7 Å². The van der Waals surface area contributed by atoms with E-state index in [4.69, 9.17) is 4.74 Å². The molecule has 2 aromatic rings. The van der Waals surface area contributed by atoms with Gasteiger partial charge in [-0.25, -0.2) is 0 Å². The lowest BCUT2D eigenvalue weighted by atomic mass is 9.91. The minimum Gasteiger partial charge on any atom is -0.503 e. The molecular formula is C27H33NO4. The second-order valence-corrected chi connectivity index (χ2v) is 9.86. The number of benzene rings is 2.